The van der Waals surface area contributed by atoms with E-state index in [0.29, 0.717) is 18.8 Å². The minimum Gasteiger partial charge on any atom is -0.481 e. The van der Waals surface area contributed by atoms with Crippen LogP contribution in [0.2, 0.25) is 0 Å². The van der Waals surface area contributed by atoms with Crippen molar-refractivity contribution in [2.24, 2.45) is 17.8 Å². The largest absolute Gasteiger partial charge is 0.481 e. The number of aliphatic hydroxyl groups excluding tert-OH is 2. The minimum absolute atomic E-state index is 0.0198. The van der Waals surface area contributed by atoms with Crippen LogP contribution in [0, 0.1) is 17.8 Å². The van der Waals surface area contributed by atoms with Gasteiger partial charge in [-0.1, -0.05) is 37.5 Å². The molecule has 5 atom stereocenters. The molecule has 0 heterocycles. The summed E-state index contributed by atoms with van der Waals surface area (Å²) in [5.41, 5.74) is 0.803. The first-order chi connectivity index (χ1) is 13.0. The minimum atomic E-state index is -0.786. The predicted octanol–water partition coefficient (Wildman–Crippen LogP) is 3.45. The van der Waals surface area contributed by atoms with Gasteiger partial charge in [-0.25, -0.2) is 0 Å². The molecule has 0 bridgehead atoms. The van der Waals surface area contributed by atoms with Gasteiger partial charge >= 0.3 is 5.97 Å². The molecule has 1 unspecified atom stereocenters. The summed E-state index contributed by atoms with van der Waals surface area (Å²) in [5, 5.41) is 30.0. The fourth-order valence-corrected chi connectivity index (χ4v) is 5.45. The highest BCUT2D eigenvalue weighted by Crippen LogP contribution is 2.57. The number of hydrogen-bond donors (Lipinski definition) is 3. The molecule has 152 valence electrons. The molecule has 0 saturated heterocycles. The number of ether oxygens (including phenoxy) is 1. The van der Waals surface area contributed by atoms with Gasteiger partial charge < -0.3 is 20.1 Å². The smallest absolute Gasteiger partial charge is 0.303 e. The van der Waals surface area contributed by atoms with Crippen LogP contribution in [0.1, 0.15) is 64.2 Å². The van der Waals surface area contributed by atoms with E-state index in [1.807, 2.05) is 18.2 Å². The summed E-state index contributed by atoms with van der Waals surface area (Å²) < 4.78 is 5.93. The lowest BCUT2D eigenvalue weighted by Crippen LogP contribution is -2.59. The fraction of sp³-hybridized carbons (Fsp3) is 0.773. The highest BCUT2D eigenvalue weighted by Gasteiger charge is 2.57. The molecule has 0 spiro atoms. The van der Waals surface area contributed by atoms with Gasteiger partial charge in [-0.3, -0.25) is 4.79 Å². The molecule has 0 radical (unpaired) electrons. The molecule has 3 aliphatic carbocycles. The average Bonchev–Trinajstić information content (AvgIpc) is 2.66. The second-order valence-electron chi connectivity index (χ2n) is 8.52. The summed E-state index contributed by atoms with van der Waals surface area (Å²) in [4.78, 5) is 10.8. The van der Waals surface area contributed by atoms with Crippen molar-refractivity contribution in [2.75, 3.05) is 7.11 Å². The molecule has 3 saturated carbocycles. The lowest BCUT2D eigenvalue weighted by molar-refractivity contribution is -0.141. The summed E-state index contributed by atoms with van der Waals surface area (Å²) >= 11 is 0. The molecule has 5 heteroatoms. The Morgan fingerprint density at radius 3 is 2.70 bits per heavy atom. The van der Waals surface area contributed by atoms with Crippen LogP contribution >= 0.6 is 0 Å². The molecule has 0 aliphatic heterocycles. The molecule has 0 amide bonds. The van der Waals surface area contributed by atoms with Crippen LogP contribution in [0.5, 0.6) is 0 Å². The molecule has 3 rings (SSSR count). The van der Waals surface area contributed by atoms with Gasteiger partial charge in [0.05, 0.1) is 17.8 Å². The number of hydrogen-bond acceptors (Lipinski definition) is 4. The van der Waals surface area contributed by atoms with Crippen molar-refractivity contribution in [3.05, 3.63) is 23.8 Å². The Balaban J connectivity index is 1.67. The summed E-state index contributed by atoms with van der Waals surface area (Å²) in [5.74, 6) is -0.271. The highest BCUT2D eigenvalue weighted by molar-refractivity contribution is 5.66. The maximum absolute atomic E-state index is 10.8. The number of carboxylic acids is 1. The van der Waals surface area contributed by atoms with Crippen molar-refractivity contribution in [2.45, 2.75) is 82.0 Å². The van der Waals surface area contributed by atoms with Crippen LogP contribution in [0.25, 0.3) is 0 Å². The predicted molar refractivity (Wildman–Crippen MR) is 103 cm³/mol. The molecule has 3 aliphatic rings. The lowest BCUT2D eigenvalue weighted by atomic mass is 9.53. The first kappa shape index (κ1) is 20.6. The Morgan fingerprint density at radius 1 is 1.30 bits per heavy atom. The standard InChI is InChI=1S/C22H34O5/c1-27-22-13-12-20(24)17(10-11-19(23)15-6-3-2-4-7-15)18(22)14-16(22)8-5-9-21(25)26/h8,10-11,15,17-20,23-24H,2-7,9,12-14H2,1H3,(H,25,26)/t17-,18-,19?,20-,22+/m1/s1. The SMILES string of the molecule is CO[C@]12CC[C@@H](O)[C@H](C=CC(O)C3CCCCC3)[C@H]1CC2=CCCC(=O)O. The number of carboxylic acid groups (broad SMARTS) is 1. The first-order valence-corrected chi connectivity index (χ1v) is 10.5. The van der Waals surface area contributed by atoms with Gasteiger partial charge in [0.2, 0.25) is 0 Å². The molecule has 27 heavy (non-hydrogen) atoms. The van der Waals surface area contributed by atoms with E-state index < -0.39 is 18.2 Å². The number of fused-ring (bicyclic) bond motifs is 1. The molecule has 0 aromatic rings. The number of carbonyl (C=O) groups is 1. The van der Waals surface area contributed by atoms with E-state index in [9.17, 15) is 15.0 Å². The van der Waals surface area contributed by atoms with E-state index in [1.54, 1.807) is 7.11 Å². The second kappa shape index (κ2) is 8.89. The van der Waals surface area contributed by atoms with Gasteiger partial charge in [0.1, 0.15) is 0 Å². The second-order valence-corrected chi connectivity index (χ2v) is 8.52. The first-order valence-electron chi connectivity index (χ1n) is 10.5. The quantitative estimate of drug-likeness (QED) is 0.591. The Bertz CT molecular complexity index is 577. The van der Waals surface area contributed by atoms with Gasteiger partial charge in [0.15, 0.2) is 0 Å². The van der Waals surface area contributed by atoms with Crippen molar-refractivity contribution in [3.63, 3.8) is 0 Å². The molecule has 0 aromatic heterocycles. The third-order valence-corrected chi connectivity index (χ3v) is 7.08. The number of aliphatic hydroxyl groups is 2. The zero-order valence-electron chi connectivity index (χ0n) is 16.3. The van der Waals surface area contributed by atoms with E-state index >= 15 is 0 Å². The van der Waals surface area contributed by atoms with Crippen LogP contribution in [0.15, 0.2) is 23.8 Å². The Hall–Kier alpha value is -1.17. The molecule has 0 aromatic carbocycles. The third kappa shape index (κ3) is 4.30. The molecule has 3 N–H and O–H groups in total. The van der Waals surface area contributed by atoms with Crippen molar-refractivity contribution in [1.82, 2.24) is 0 Å². The summed E-state index contributed by atoms with van der Waals surface area (Å²) in [6.07, 6.45) is 13.8. The fourth-order valence-electron chi connectivity index (χ4n) is 5.45. The average molecular weight is 379 g/mol. The topological polar surface area (TPSA) is 87.0 Å². The van der Waals surface area contributed by atoms with Crippen LogP contribution in [-0.4, -0.2) is 46.2 Å². The van der Waals surface area contributed by atoms with E-state index in [2.05, 4.69) is 0 Å². The number of rotatable bonds is 7. The molecular weight excluding hydrogens is 344 g/mol. The maximum Gasteiger partial charge on any atom is 0.303 e. The van der Waals surface area contributed by atoms with Crippen LogP contribution in [0.3, 0.4) is 0 Å². The van der Waals surface area contributed by atoms with E-state index in [-0.39, 0.29) is 23.9 Å². The van der Waals surface area contributed by atoms with Crippen molar-refractivity contribution < 1.29 is 24.9 Å². The van der Waals surface area contributed by atoms with Crippen molar-refractivity contribution in [3.8, 4) is 0 Å². The molecular formula is C22H34O5. The van der Waals surface area contributed by atoms with E-state index in [0.717, 1.165) is 25.7 Å². The maximum atomic E-state index is 10.8. The van der Waals surface area contributed by atoms with Gasteiger partial charge in [0, 0.05) is 25.4 Å². The van der Waals surface area contributed by atoms with Gasteiger partial charge in [-0.2, -0.15) is 0 Å². The van der Waals surface area contributed by atoms with Crippen molar-refractivity contribution >= 4 is 5.97 Å². The van der Waals surface area contributed by atoms with E-state index in [1.165, 1.54) is 24.8 Å². The van der Waals surface area contributed by atoms with Crippen LogP contribution in [-0.2, 0) is 9.53 Å². The lowest BCUT2D eigenvalue weighted by Gasteiger charge is -2.58. The Kier molecular flexibility index (Phi) is 6.77. The van der Waals surface area contributed by atoms with E-state index in [4.69, 9.17) is 9.84 Å². The van der Waals surface area contributed by atoms with Crippen molar-refractivity contribution in [1.29, 1.82) is 0 Å². The monoisotopic (exact) mass is 378 g/mol. The number of methoxy groups -OCH3 is 1. The normalized spacial score (nSPS) is 37.1. The van der Waals surface area contributed by atoms with Gasteiger partial charge in [-0.05, 0) is 50.0 Å². The Morgan fingerprint density at radius 2 is 2.04 bits per heavy atom. The Labute approximate surface area is 162 Å². The third-order valence-electron chi connectivity index (χ3n) is 7.08. The summed E-state index contributed by atoms with van der Waals surface area (Å²) in [7, 11) is 1.71. The van der Waals surface area contributed by atoms with Gasteiger partial charge in [-0.15, -0.1) is 0 Å². The summed E-state index contributed by atoms with van der Waals surface area (Å²) in [6.45, 7) is 0. The zero-order valence-corrected chi connectivity index (χ0v) is 16.3. The van der Waals surface area contributed by atoms with Gasteiger partial charge in [0.25, 0.3) is 0 Å². The molecule has 5 nitrogen and oxygen atoms in total. The number of aliphatic carboxylic acids is 1. The highest BCUT2D eigenvalue weighted by atomic mass is 16.5. The van der Waals surface area contributed by atoms with Crippen LogP contribution < -0.4 is 0 Å². The molecule has 3 fully saturated rings. The number of allylic oxidation sites excluding steroid dienone is 1. The van der Waals surface area contributed by atoms with Crippen LogP contribution in [0.4, 0.5) is 0 Å². The zero-order chi connectivity index (χ0) is 19.4. The summed E-state index contributed by atoms with van der Waals surface area (Å²) in [6, 6.07) is 0.